The van der Waals surface area contributed by atoms with Gasteiger partial charge in [-0.3, -0.25) is 4.79 Å². The summed E-state index contributed by atoms with van der Waals surface area (Å²) in [7, 11) is 0. The molecule has 0 N–H and O–H groups in total. The Morgan fingerprint density at radius 3 is 2.00 bits per heavy atom. The third-order valence-electron chi connectivity index (χ3n) is 1.18. The minimum Gasteiger partial charge on any atom is -0.295 e. The minimum absolute atomic E-state index is 0. The van der Waals surface area contributed by atoms with Crippen LogP contribution in [0.15, 0.2) is 30.3 Å². The first-order chi connectivity index (χ1) is 4.30. The number of carbonyl (C=O) groups is 1. The summed E-state index contributed by atoms with van der Waals surface area (Å²) >= 11 is 0. The first-order valence-electron chi connectivity index (χ1n) is 2.86. The van der Waals surface area contributed by atoms with Crippen molar-refractivity contribution in [3.63, 3.8) is 0 Å². The van der Waals surface area contributed by atoms with Gasteiger partial charge in [0.1, 0.15) is 0 Å². The SMILES string of the molecule is CC(=O)c1ccccc1.[Ru]. The molecular weight excluding hydrogens is 213 g/mol. The normalized spacial score (nSPS) is 8.10. The van der Waals surface area contributed by atoms with Crippen molar-refractivity contribution in [1.29, 1.82) is 0 Å². The van der Waals surface area contributed by atoms with Gasteiger partial charge in [0, 0.05) is 25.0 Å². The molecule has 0 atom stereocenters. The van der Waals surface area contributed by atoms with Crippen LogP contribution >= 0.6 is 0 Å². The molecule has 0 aliphatic carbocycles. The van der Waals surface area contributed by atoms with Crippen LogP contribution in [0.5, 0.6) is 0 Å². The van der Waals surface area contributed by atoms with Gasteiger partial charge in [0.2, 0.25) is 0 Å². The molecule has 1 nitrogen and oxygen atoms in total. The van der Waals surface area contributed by atoms with Gasteiger partial charge in [0.05, 0.1) is 0 Å². The van der Waals surface area contributed by atoms with E-state index >= 15 is 0 Å². The maximum Gasteiger partial charge on any atom is 0.159 e. The second-order valence-electron chi connectivity index (χ2n) is 1.92. The third-order valence-corrected chi connectivity index (χ3v) is 1.18. The van der Waals surface area contributed by atoms with Gasteiger partial charge in [-0.2, -0.15) is 0 Å². The summed E-state index contributed by atoms with van der Waals surface area (Å²) in [6.07, 6.45) is 0. The fraction of sp³-hybridized carbons (Fsp3) is 0.125. The van der Waals surface area contributed by atoms with Crippen molar-refractivity contribution in [2.45, 2.75) is 6.92 Å². The Morgan fingerprint density at radius 1 is 1.20 bits per heavy atom. The molecule has 0 saturated carbocycles. The molecule has 0 aliphatic rings. The van der Waals surface area contributed by atoms with Crippen molar-refractivity contribution >= 4 is 5.78 Å². The predicted octanol–water partition coefficient (Wildman–Crippen LogP) is 1.89. The zero-order valence-corrected chi connectivity index (χ0v) is 7.39. The van der Waals surface area contributed by atoms with E-state index in [0.29, 0.717) is 0 Å². The van der Waals surface area contributed by atoms with Gasteiger partial charge in [-0.1, -0.05) is 30.3 Å². The van der Waals surface area contributed by atoms with Gasteiger partial charge in [-0.05, 0) is 6.92 Å². The molecule has 0 aromatic heterocycles. The smallest absolute Gasteiger partial charge is 0.159 e. The van der Waals surface area contributed by atoms with Gasteiger partial charge in [0.15, 0.2) is 5.78 Å². The van der Waals surface area contributed by atoms with Gasteiger partial charge < -0.3 is 0 Å². The first kappa shape index (κ1) is 9.51. The van der Waals surface area contributed by atoms with Crippen molar-refractivity contribution in [3.8, 4) is 0 Å². The zero-order valence-electron chi connectivity index (χ0n) is 5.65. The van der Waals surface area contributed by atoms with Crippen LogP contribution in [-0.2, 0) is 19.5 Å². The van der Waals surface area contributed by atoms with Crippen molar-refractivity contribution < 1.29 is 24.3 Å². The molecule has 2 heteroatoms. The predicted molar refractivity (Wildman–Crippen MR) is 36.4 cm³/mol. The summed E-state index contributed by atoms with van der Waals surface area (Å²) in [5.74, 6) is 0.121. The molecule has 10 heavy (non-hydrogen) atoms. The average Bonchev–Trinajstić information content (AvgIpc) is 1.90. The molecule has 1 aromatic carbocycles. The summed E-state index contributed by atoms with van der Waals surface area (Å²) in [4.78, 5) is 10.6. The second kappa shape index (κ2) is 4.35. The van der Waals surface area contributed by atoms with Crippen molar-refractivity contribution in [1.82, 2.24) is 0 Å². The quantitative estimate of drug-likeness (QED) is 0.522. The Morgan fingerprint density at radius 2 is 1.70 bits per heavy atom. The molecule has 0 radical (unpaired) electrons. The Balaban J connectivity index is 0.000000810. The maximum absolute atomic E-state index is 10.6. The number of carbonyl (C=O) groups excluding carboxylic acids is 1. The zero-order chi connectivity index (χ0) is 6.69. The number of Topliss-reactive ketones (excluding diaryl/α,β-unsaturated/α-hetero) is 1. The van der Waals surface area contributed by atoms with Crippen LogP contribution in [0, 0.1) is 0 Å². The van der Waals surface area contributed by atoms with Crippen LogP contribution < -0.4 is 0 Å². The molecule has 0 bridgehead atoms. The van der Waals surface area contributed by atoms with Gasteiger partial charge in [0.25, 0.3) is 0 Å². The molecule has 54 valence electrons. The third kappa shape index (κ3) is 2.40. The molecule has 0 amide bonds. The maximum atomic E-state index is 10.6. The van der Waals surface area contributed by atoms with Crippen LogP contribution in [0.4, 0.5) is 0 Å². The minimum atomic E-state index is 0. The second-order valence-corrected chi connectivity index (χ2v) is 1.92. The van der Waals surface area contributed by atoms with Crippen molar-refractivity contribution in [2.75, 3.05) is 0 Å². The molecule has 0 aliphatic heterocycles. The van der Waals surface area contributed by atoms with E-state index in [-0.39, 0.29) is 25.3 Å². The molecular formula is C8H8ORu. The van der Waals surface area contributed by atoms with Crippen LogP contribution in [0.3, 0.4) is 0 Å². The molecule has 0 heterocycles. The van der Waals surface area contributed by atoms with E-state index in [9.17, 15) is 4.79 Å². The van der Waals surface area contributed by atoms with Crippen LogP contribution in [0.2, 0.25) is 0 Å². The molecule has 1 rings (SSSR count). The van der Waals surface area contributed by atoms with E-state index in [1.165, 1.54) is 0 Å². The van der Waals surface area contributed by atoms with Gasteiger partial charge in [-0.25, -0.2) is 0 Å². The van der Waals surface area contributed by atoms with Crippen molar-refractivity contribution in [3.05, 3.63) is 35.9 Å². The number of rotatable bonds is 1. The van der Waals surface area contributed by atoms with E-state index in [1.807, 2.05) is 30.3 Å². The molecule has 1 aromatic rings. The molecule has 0 spiro atoms. The summed E-state index contributed by atoms with van der Waals surface area (Å²) < 4.78 is 0. The monoisotopic (exact) mass is 222 g/mol. The number of benzene rings is 1. The van der Waals surface area contributed by atoms with E-state index in [4.69, 9.17) is 0 Å². The number of ketones is 1. The van der Waals surface area contributed by atoms with Gasteiger partial charge >= 0.3 is 0 Å². The standard InChI is InChI=1S/C8H8O.Ru/c1-7(9)8-5-3-2-4-6-8;/h2-6H,1H3;. The Kier molecular flexibility index (Phi) is 4.14. The summed E-state index contributed by atoms with van der Waals surface area (Å²) in [5, 5.41) is 0. The summed E-state index contributed by atoms with van der Waals surface area (Å²) in [6.45, 7) is 1.56. The number of hydrogen-bond acceptors (Lipinski definition) is 1. The van der Waals surface area contributed by atoms with E-state index in [0.717, 1.165) is 5.56 Å². The summed E-state index contributed by atoms with van der Waals surface area (Å²) in [5.41, 5.74) is 0.775. The van der Waals surface area contributed by atoms with E-state index < -0.39 is 0 Å². The number of hydrogen-bond donors (Lipinski definition) is 0. The van der Waals surface area contributed by atoms with E-state index in [2.05, 4.69) is 0 Å². The molecule has 0 fully saturated rings. The van der Waals surface area contributed by atoms with Crippen molar-refractivity contribution in [2.24, 2.45) is 0 Å². The molecule has 0 saturated heterocycles. The van der Waals surface area contributed by atoms with Crippen LogP contribution in [0.25, 0.3) is 0 Å². The largest absolute Gasteiger partial charge is 0.295 e. The van der Waals surface area contributed by atoms with E-state index in [1.54, 1.807) is 6.92 Å². The van der Waals surface area contributed by atoms with Crippen LogP contribution in [-0.4, -0.2) is 5.78 Å². The topological polar surface area (TPSA) is 17.1 Å². The fourth-order valence-corrected chi connectivity index (χ4v) is 0.673. The fourth-order valence-electron chi connectivity index (χ4n) is 0.673. The Labute approximate surface area is 73.2 Å². The molecule has 0 unspecified atom stereocenters. The first-order valence-corrected chi connectivity index (χ1v) is 2.86. The average molecular weight is 221 g/mol. The van der Waals surface area contributed by atoms with Gasteiger partial charge in [-0.15, -0.1) is 0 Å². The Bertz CT molecular complexity index is 206. The van der Waals surface area contributed by atoms with Crippen LogP contribution in [0.1, 0.15) is 17.3 Å². The summed E-state index contributed by atoms with van der Waals surface area (Å²) in [6, 6.07) is 9.23. The Hall–Kier alpha value is -0.487.